The van der Waals surface area contributed by atoms with Crippen molar-refractivity contribution in [2.75, 3.05) is 0 Å². The zero-order chi connectivity index (χ0) is 11.9. The van der Waals surface area contributed by atoms with Crippen molar-refractivity contribution >= 4 is 6.29 Å². The van der Waals surface area contributed by atoms with E-state index >= 15 is 0 Å². The fourth-order valence-electron chi connectivity index (χ4n) is 3.73. The molecule has 2 aliphatic rings. The molecule has 0 heterocycles. The van der Waals surface area contributed by atoms with Crippen LogP contribution in [0.3, 0.4) is 0 Å². The average Bonchev–Trinajstić information content (AvgIpc) is 2.83. The lowest BCUT2D eigenvalue weighted by Gasteiger charge is -2.24. The minimum absolute atomic E-state index is 0.0274. The fourth-order valence-corrected chi connectivity index (χ4v) is 3.73. The smallest absolute Gasteiger partial charge is 0.124 e. The first-order valence-electron chi connectivity index (χ1n) is 6.49. The van der Waals surface area contributed by atoms with Gasteiger partial charge in [0.15, 0.2) is 0 Å². The zero-order valence-electron chi connectivity index (χ0n) is 9.86. The Morgan fingerprint density at radius 3 is 2.65 bits per heavy atom. The molecule has 90 valence electrons. The molecule has 17 heavy (non-hydrogen) atoms. The summed E-state index contributed by atoms with van der Waals surface area (Å²) < 4.78 is 13.4. The van der Waals surface area contributed by atoms with E-state index in [9.17, 15) is 9.18 Å². The standard InChI is InChI=1S/C15H17FO/c16-14-7-3-6-12(8-14)15(9-13(15)10-17)11-4-1-2-5-11/h3,6-8,10-11,13H,1-2,4-5,9H2. The van der Waals surface area contributed by atoms with Crippen LogP contribution in [0, 0.1) is 17.7 Å². The minimum Gasteiger partial charge on any atom is -0.303 e. The van der Waals surface area contributed by atoms with Crippen LogP contribution in [0.1, 0.15) is 37.7 Å². The van der Waals surface area contributed by atoms with Crippen molar-refractivity contribution < 1.29 is 9.18 Å². The van der Waals surface area contributed by atoms with Gasteiger partial charge in [-0.05, 0) is 42.9 Å². The van der Waals surface area contributed by atoms with E-state index in [1.165, 1.54) is 31.7 Å². The highest BCUT2D eigenvalue weighted by Crippen LogP contribution is 2.62. The Bertz CT molecular complexity index is 436. The van der Waals surface area contributed by atoms with Crippen LogP contribution in [-0.2, 0) is 10.2 Å². The molecule has 0 spiro atoms. The van der Waals surface area contributed by atoms with Gasteiger partial charge >= 0.3 is 0 Å². The van der Waals surface area contributed by atoms with E-state index in [-0.39, 0.29) is 17.2 Å². The van der Waals surface area contributed by atoms with Crippen molar-refractivity contribution in [1.82, 2.24) is 0 Å². The van der Waals surface area contributed by atoms with Crippen molar-refractivity contribution in [2.45, 2.75) is 37.5 Å². The highest BCUT2D eigenvalue weighted by Gasteiger charge is 2.59. The second kappa shape index (κ2) is 3.94. The van der Waals surface area contributed by atoms with Crippen LogP contribution >= 0.6 is 0 Å². The minimum atomic E-state index is -0.184. The first-order valence-corrected chi connectivity index (χ1v) is 6.49. The summed E-state index contributed by atoms with van der Waals surface area (Å²) in [6.07, 6.45) is 6.90. The molecular formula is C15H17FO. The monoisotopic (exact) mass is 232 g/mol. The van der Waals surface area contributed by atoms with Gasteiger partial charge in [-0.2, -0.15) is 0 Å². The highest BCUT2D eigenvalue weighted by molar-refractivity contribution is 5.65. The van der Waals surface area contributed by atoms with Crippen LogP contribution in [-0.4, -0.2) is 6.29 Å². The van der Waals surface area contributed by atoms with Crippen LogP contribution < -0.4 is 0 Å². The quantitative estimate of drug-likeness (QED) is 0.729. The number of aldehydes is 1. The predicted octanol–water partition coefficient (Wildman–Crippen LogP) is 3.47. The van der Waals surface area contributed by atoms with Crippen molar-refractivity contribution in [2.24, 2.45) is 11.8 Å². The molecule has 2 saturated carbocycles. The summed E-state index contributed by atoms with van der Waals surface area (Å²) in [4.78, 5) is 11.1. The van der Waals surface area contributed by atoms with E-state index in [0.717, 1.165) is 18.3 Å². The Kier molecular flexibility index (Phi) is 2.53. The van der Waals surface area contributed by atoms with Gasteiger partial charge in [-0.3, -0.25) is 0 Å². The summed E-state index contributed by atoms with van der Waals surface area (Å²) in [5.74, 6) is 0.517. The van der Waals surface area contributed by atoms with E-state index in [4.69, 9.17) is 0 Å². The molecule has 0 bridgehead atoms. The Hall–Kier alpha value is -1.18. The van der Waals surface area contributed by atoms with Crippen LogP contribution in [0.4, 0.5) is 4.39 Å². The molecule has 2 heteroatoms. The Morgan fingerprint density at radius 1 is 1.29 bits per heavy atom. The third-order valence-electron chi connectivity index (χ3n) is 4.67. The number of hydrogen-bond acceptors (Lipinski definition) is 1. The Labute approximate surface area is 101 Å². The number of carbonyl (C=O) groups excluding carboxylic acids is 1. The van der Waals surface area contributed by atoms with E-state index in [1.807, 2.05) is 6.07 Å². The average molecular weight is 232 g/mol. The largest absolute Gasteiger partial charge is 0.303 e. The summed E-state index contributed by atoms with van der Waals surface area (Å²) >= 11 is 0. The first-order chi connectivity index (χ1) is 8.27. The molecule has 1 aromatic rings. The summed E-state index contributed by atoms with van der Waals surface area (Å²) in [6, 6.07) is 6.86. The number of hydrogen-bond donors (Lipinski definition) is 0. The summed E-state index contributed by atoms with van der Waals surface area (Å²) in [7, 11) is 0. The Balaban J connectivity index is 1.98. The molecule has 2 unspecified atom stereocenters. The molecule has 2 fully saturated rings. The highest BCUT2D eigenvalue weighted by atomic mass is 19.1. The lowest BCUT2D eigenvalue weighted by molar-refractivity contribution is -0.109. The number of halogens is 1. The zero-order valence-corrected chi connectivity index (χ0v) is 9.86. The maximum atomic E-state index is 13.4. The summed E-state index contributed by atoms with van der Waals surface area (Å²) in [5.41, 5.74) is 1.02. The van der Waals surface area contributed by atoms with Crippen LogP contribution in [0.25, 0.3) is 0 Å². The van der Waals surface area contributed by atoms with Gasteiger partial charge in [0.1, 0.15) is 12.1 Å². The topological polar surface area (TPSA) is 17.1 Å². The summed E-state index contributed by atoms with van der Waals surface area (Å²) in [6.45, 7) is 0. The van der Waals surface area contributed by atoms with Gasteiger partial charge in [0.05, 0.1) is 0 Å². The normalized spacial score (nSPS) is 32.6. The molecule has 0 aromatic heterocycles. The van der Waals surface area contributed by atoms with Gasteiger partial charge in [-0.15, -0.1) is 0 Å². The lowest BCUT2D eigenvalue weighted by atomic mass is 9.79. The second-order valence-electron chi connectivity index (χ2n) is 5.48. The fraction of sp³-hybridized carbons (Fsp3) is 0.533. The van der Waals surface area contributed by atoms with Gasteiger partial charge < -0.3 is 4.79 Å². The van der Waals surface area contributed by atoms with E-state index in [1.54, 1.807) is 12.1 Å². The predicted molar refractivity (Wildman–Crippen MR) is 64.2 cm³/mol. The van der Waals surface area contributed by atoms with Gasteiger partial charge in [0.25, 0.3) is 0 Å². The van der Waals surface area contributed by atoms with Gasteiger partial charge in [-0.25, -0.2) is 4.39 Å². The first kappa shape index (κ1) is 10.9. The lowest BCUT2D eigenvalue weighted by Crippen LogP contribution is -2.21. The third-order valence-corrected chi connectivity index (χ3v) is 4.67. The van der Waals surface area contributed by atoms with Gasteiger partial charge in [0.2, 0.25) is 0 Å². The molecule has 3 rings (SSSR count). The third kappa shape index (κ3) is 1.62. The molecule has 1 aromatic carbocycles. The van der Waals surface area contributed by atoms with Crippen LogP contribution in [0.5, 0.6) is 0 Å². The van der Waals surface area contributed by atoms with E-state index in [2.05, 4.69) is 0 Å². The van der Waals surface area contributed by atoms with E-state index < -0.39 is 0 Å². The molecule has 2 aliphatic carbocycles. The molecule has 0 N–H and O–H groups in total. The molecule has 0 radical (unpaired) electrons. The number of benzene rings is 1. The van der Waals surface area contributed by atoms with Crippen LogP contribution in [0.15, 0.2) is 24.3 Å². The maximum Gasteiger partial charge on any atom is 0.124 e. The molecule has 0 saturated heterocycles. The van der Waals surface area contributed by atoms with E-state index in [0.29, 0.717) is 5.92 Å². The molecule has 1 nitrogen and oxygen atoms in total. The second-order valence-corrected chi connectivity index (χ2v) is 5.48. The van der Waals surface area contributed by atoms with Crippen molar-refractivity contribution in [1.29, 1.82) is 0 Å². The number of carbonyl (C=O) groups is 1. The molecule has 2 atom stereocenters. The molecule has 0 aliphatic heterocycles. The SMILES string of the molecule is O=CC1CC1(c1cccc(F)c1)C1CCCC1. The summed E-state index contributed by atoms with van der Waals surface area (Å²) in [5, 5.41) is 0. The van der Waals surface area contributed by atoms with Gasteiger partial charge in [-0.1, -0.05) is 25.0 Å². The molecule has 0 amide bonds. The van der Waals surface area contributed by atoms with Gasteiger partial charge in [0, 0.05) is 11.3 Å². The molecular weight excluding hydrogens is 215 g/mol. The Morgan fingerprint density at radius 2 is 2.06 bits per heavy atom. The maximum absolute atomic E-state index is 13.4. The number of rotatable bonds is 3. The van der Waals surface area contributed by atoms with Crippen LogP contribution in [0.2, 0.25) is 0 Å². The van der Waals surface area contributed by atoms with Crippen molar-refractivity contribution in [3.8, 4) is 0 Å². The van der Waals surface area contributed by atoms with Crippen molar-refractivity contribution in [3.63, 3.8) is 0 Å². The van der Waals surface area contributed by atoms with Crippen molar-refractivity contribution in [3.05, 3.63) is 35.6 Å².